The van der Waals surface area contributed by atoms with E-state index in [1.165, 1.54) is 0 Å². The van der Waals surface area contributed by atoms with Gasteiger partial charge < -0.3 is 15.2 Å². The highest BCUT2D eigenvalue weighted by Crippen LogP contribution is 2.23. The summed E-state index contributed by atoms with van der Waals surface area (Å²) in [6, 6.07) is 0.367. The first-order valence-electron chi connectivity index (χ1n) is 7.22. The van der Waals surface area contributed by atoms with Crippen LogP contribution in [0.3, 0.4) is 0 Å². The zero-order chi connectivity index (χ0) is 13.2. The summed E-state index contributed by atoms with van der Waals surface area (Å²) in [6.07, 6.45) is 6.55. The summed E-state index contributed by atoms with van der Waals surface area (Å²) in [5.41, 5.74) is 2.29. The third-order valence-corrected chi connectivity index (χ3v) is 4.42. The highest BCUT2D eigenvalue weighted by Gasteiger charge is 2.28. The molecular weight excluding hydrogens is 240 g/mol. The lowest BCUT2D eigenvalue weighted by molar-refractivity contribution is -0.126. The van der Waals surface area contributed by atoms with Crippen LogP contribution in [-0.4, -0.2) is 47.0 Å². The summed E-state index contributed by atoms with van der Waals surface area (Å²) in [6.45, 7) is 2.17. The molecular formula is C14H22N4O. The SMILES string of the molecule is CN1CCC(NC(=O)C2CCc3nc[nH]c3C2)CC1. The van der Waals surface area contributed by atoms with Gasteiger partial charge in [-0.1, -0.05) is 0 Å². The monoisotopic (exact) mass is 262 g/mol. The van der Waals surface area contributed by atoms with Crippen LogP contribution in [0.15, 0.2) is 6.33 Å². The third-order valence-electron chi connectivity index (χ3n) is 4.42. The largest absolute Gasteiger partial charge is 0.353 e. The molecule has 1 aliphatic heterocycles. The number of piperidine rings is 1. The molecule has 0 bridgehead atoms. The van der Waals surface area contributed by atoms with E-state index < -0.39 is 0 Å². The van der Waals surface area contributed by atoms with Crippen LogP contribution < -0.4 is 5.32 Å². The number of carbonyl (C=O) groups excluding carboxylic acids is 1. The van der Waals surface area contributed by atoms with E-state index >= 15 is 0 Å². The van der Waals surface area contributed by atoms with E-state index in [9.17, 15) is 4.79 Å². The molecule has 104 valence electrons. The maximum atomic E-state index is 12.3. The van der Waals surface area contributed by atoms with Crippen molar-refractivity contribution < 1.29 is 4.79 Å². The Hall–Kier alpha value is -1.36. The molecule has 5 nitrogen and oxygen atoms in total. The third kappa shape index (κ3) is 2.81. The number of aromatic amines is 1. The standard InChI is InChI=1S/C14H22N4O/c1-18-6-4-11(5-7-18)17-14(19)10-2-3-12-13(8-10)16-9-15-12/h9-11H,2-8H2,1H3,(H,15,16)(H,17,19). The van der Waals surface area contributed by atoms with Gasteiger partial charge in [-0.2, -0.15) is 0 Å². The van der Waals surface area contributed by atoms with Gasteiger partial charge in [0.1, 0.15) is 0 Å². The number of likely N-dealkylation sites (tertiary alicyclic amines) is 1. The van der Waals surface area contributed by atoms with Crippen LogP contribution in [0.5, 0.6) is 0 Å². The molecule has 1 saturated heterocycles. The Morgan fingerprint density at radius 2 is 2.21 bits per heavy atom. The van der Waals surface area contributed by atoms with Crippen LogP contribution in [0.1, 0.15) is 30.7 Å². The second-order valence-corrected chi connectivity index (χ2v) is 5.85. The van der Waals surface area contributed by atoms with Crippen molar-refractivity contribution in [3.05, 3.63) is 17.7 Å². The number of aromatic nitrogens is 2. The molecule has 1 amide bonds. The van der Waals surface area contributed by atoms with Gasteiger partial charge in [0, 0.05) is 24.1 Å². The fourth-order valence-electron chi connectivity index (χ4n) is 3.10. The zero-order valence-electron chi connectivity index (χ0n) is 11.5. The number of carbonyl (C=O) groups is 1. The quantitative estimate of drug-likeness (QED) is 0.826. The number of rotatable bonds is 2. The molecule has 1 unspecified atom stereocenters. The Balaban J connectivity index is 1.54. The molecule has 1 aromatic rings. The van der Waals surface area contributed by atoms with Crippen LogP contribution in [0, 0.1) is 5.92 Å². The van der Waals surface area contributed by atoms with E-state index in [4.69, 9.17) is 0 Å². The smallest absolute Gasteiger partial charge is 0.223 e. The zero-order valence-corrected chi connectivity index (χ0v) is 11.5. The average molecular weight is 262 g/mol. The summed E-state index contributed by atoms with van der Waals surface area (Å²) in [7, 11) is 2.14. The predicted molar refractivity (Wildman–Crippen MR) is 72.8 cm³/mol. The minimum Gasteiger partial charge on any atom is -0.353 e. The summed E-state index contributed by atoms with van der Waals surface area (Å²) in [5, 5.41) is 3.23. The number of nitrogens with zero attached hydrogens (tertiary/aromatic N) is 2. The van der Waals surface area contributed by atoms with Crippen molar-refractivity contribution in [1.29, 1.82) is 0 Å². The molecule has 0 spiro atoms. The number of fused-ring (bicyclic) bond motifs is 1. The van der Waals surface area contributed by atoms with E-state index in [1.807, 2.05) is 0 Å². The minimum absolute atomic E-state index is 0.118. The van der Waals surface area contributed by atoms with Gasteiger partial charge in [-0.05, 0) is 45.8 Å². The number of aryl methyl sites for hydroxylation is 1. The fraction of sp³-hybridized carbons (Fsp3) is 0.714. The predicted octanol–water partition coefficient (Wildman–Crippen LogP) is 0.725. The molecule has 1 fully saturated rings. The molecule has 2 N–H and O–H groups in total. The summed E-state index contributed by atoms with van der Waals surface area (Å²) < 4.78 is 0. The highest BCUT2D eigenvalue weighted by molar-refractivity contribution is 5.79. The van der Waals surface area contributed by atoms with E-state index in [0.717, 1.165) is 56.6 Å². The van der Waals surface area contributed by atoms with Crippen molar-refractivity contribution in [1.82, 2.24) is 20.2 Å². The number of imidazole rings is 1. The first-order valence-corrected chi connectivity index (χ1v) is 7.22. The second-order valence-electron chi connectivity index (χ2n) is 5.85. The van der Waals surface area contributed by atoms with Crippen molar-refractivity contribution >= 4 is 5.91 Å². The lowest BCUT2D eigenvalue weighted by Gasteiger charge is -2.31. The number of H-pyrrole nitrogens is 1. The van der Waals surface area contributed by atoms with Crippen LogP contribution >= 0.6 is 0 Å². The minimum atomic E-state index is 0.118. The topological polar surface area (TPSA) is 61.0 Å². The van der Waals surface area contributed by atoms with Crippen molar-refractivity contribution in [2.45, 2.75) is 38.1 Å². The Morgan fingerprint density at radius 1 is 1.42 bits per heavy atom. The Kier molecular flexibility index (Phi) is 3.55. The molecule has 0 radical (unpaired) electrons. The normalized spacial score (nSPS) is 25.0. The van der Waals surface area contributed by atoms with Crippen molar-refractivity contribution in [2.75, 3.05) is 20.1 Å². The van der Waals surface area contributed by atoms with Crippen molar-refractivity contribution in [3.8, 4) is 0 Å². The van der Waals surface area contributed by atoms with E-state index in [-0.39, 0.29) is 11.8 Å². The summed E-state index contributed by atoms with van der Waals surface area (Å²) in [4.78, 5) is 22.1. The van der Waals surface area contributed by atoms with Gasteiger partial charge in [0.25, 0.3) is 0 Å². The molecule has 2 heterocycles. The maximum absolute atomic E-state index is 12.3. The van der Waals surface area contributed by atoms with Crippen LogP contribution in [0.4, 0.5) is 0 Å². The maximum Gasteiger partial charge on any atom is 0.223 e. The van der Waals surface area contributed by atoms with Crippen LogP contribution in [0.25, 0.3) is 0 Å². The average Bonchev–Trinajstić information content (AvgIpc) is 2.88. The molecule has 3 rings (SSSR count). The summed E-state index contributed by atoms with van der Waals surface area (Å²) >= 11 is 0. The number of hydrogen-bond donors (Lipinski definition) is 2. The number of amides is 1. The Bertz CT molecular complexity index is 448. The Morgan fingerprint density at radius 3 is 3.00 bits per heavy atom. The fourth-order valence-corrected chi connectivity index (χ4v) is 3.10. The van der Waals surface area contributed by atoms with Crippen molar-refractivity contribution in [2.24, 2.45) is 5.92 Å². The van der Waals surface area contributed by atoms with Crippen LogP contribution in [0.2, 0.25) is 0 Å². The van der Waals surface area contributed by atoms with E-state index in [0.29, 0.717) is 6.04 Å². The van der Waals surface area contributed by atoms with Gasteiger partial charge in [-0.25, -0.2) is 4.98 Å². The van der Waals surface area contributed by atoms with Crippen LogP contribution in [-0.2, 0) is 17.6 Å². The molecule has 19 heavy (non-hydrogen) atoms. The Labute approximate surface area is 113 Å². The number of nitrogens with one attached hydrogen (secondary N) is 2. The lowest BCUT2D eigenvalue weighted by Crippen LogP contribution is -2.46. The van der Waals surface area contributed by atoms with Gasteiger partial charge in [0.15, 0.2) is 0 Å². The van der Waals surface area contributed by atoms with E-state index in [1.54, 1.807) is 6.33 Å². The molecule has 0 aromatic carbocycles. The van der Waals surface area contributed by atoms with Gasteiger partial charge in [-0.3, -0.25) is 4.79 Å². The molecule has 2 aliphatic rings. The molecule has 5 heteroatoms. The first-order chi connectivity index (χ1) is 9.22. The molecule has 1 aliphatic carbocycles. The van der Waals surface area contributed by atoms with Gasteiger partial charge >= 0.3 is 0 Å². The molecule has 1 atom stereocenters. The van der Waals surface area contributed by atoms with Gasteiger partial charge in [0.2, 0.25) is 5.91 Å². The number of hydrogen-bond acceptors (Lipinski definition) is 3. The second kappa shape index (κ2) is 5.33. The summed E-state index contributed by atoms with van der Waals surface area (Å²) in [5.74, 6) is 0.349. The molecule has 0 saturated carbocycles. The van der Waals surface area contributed by atoms with Gasteiger partial charge in [-0.15, -0.1) is 0 Å². The van der Waals surface area contributed by atoms with E-state index in [2.05, 4.69) is 27.2 Å². The lowest BCUT2D eigenvalue weighted by atomic mass is 9.88. The first kappa shape index (κ1) is 12.7. The van der Waals surface area contributed by atoms with Crippen molar-refractivity contribution in [3.63, 3.8) is 0 Å². The highest BCUT2D eigenvalue weighted by atomic mass is 16.1. The molecule has 1 aromatic heterocycles. The van der Waals surface area contributed by atoms with Gasteiger partial charge in [0.05, 0.1) is 12.0 Å².